The molecule has 0 fully saturated rings. The standard InChI is InChI=1S/C33H31N5O5/c1-22-6-2-7-23(14-22)16-29(38-32(40)30(26-10-4-12-35-18-26)27-11-5-13-36-19-27)31(39)37-28(17-34)21-43-20-24-8-3-9-25(15-24)33(41)42/h2-15,18-19,28-30H,16,20-21H2,1H3,(H,37,39)(H,38,40)(H,41,42)/t28-,29+/m1/s1. The lowest BCUT2D eigenvalue weighted by molar-refractivity contribution is -0.129. The normalized spacial score (nSPS) is 12.1. The van der Waals surface area contributed by atoms with Gasteiger partial charge >= 0.3 is 5.97 Å². The van der Waals surface area contributed by atoms with Crippen molar-refractivity contribution in [2.75, 3.05) is 6.61 Å². The number of carbonyl (C=O) groups excluding carboxylic acids is 2. The van der Waals surface area contributed by atoms with Gasteiger partial charge in [0.2, 0.25) is 11.8 Å². The zero-order valence-electron chi connectivity index (χ0n) is 23.5. The zero-order chi connectivity index (χ0) is 30.6. The number of pyridine rings is 2. The van der Waals surface area contributed by atoms with Gasteiger partial charge in [0.15, 0.2) is 0 Å². The summed E-state index contributed by atoms with van der Waals surface area (Å²) in [5.74, 6) is -2.79. The molecule has 3 N–H and O–H groups in total. The molecule has 2 amide bonds. The Labute approximate surface area is 249 Å². The van der Waals surface area contributed by atoms with Crippen LogP contribution in [-0.2, 0) is 27.4 Å². The zero-order valence-corrected chi connectivity index (χ0v) is 23.5. The molecule has 4 aromatic rings. The van der Waals surface area contributed by atoms with Crippen LogP contribution in [0.4, 0.5) is 0 Å². The minimum Gasteiger partial charge on any atom is -0.478 e. The molecule has 0 unspecified atom stereocenters. The Hall–Kier alpha value is -5.40. The van der Waals surface area contributed by atoms with Crippen LogP contribution in [-0.4, -0.2) is 51.5 Å². The first-order valence-electron chi connectivity index (χ1n) is 13.6. The third-order valence-corrected chi connectivity index (χ3v) is 6.65. The largest absolute Gasteiger partial charge is 0.478 e. The molecule has 43 heavy (non-hydrogen) atoms. The van der Waals surface area contributed by atoms with Crippen LogP contribution in [0.1, 0.15) is 44.1 Å². The van der Waals surface area contributed by atoms with Crippen LogP contribution in [0.15, 0.2) is 97.6 Å². The van der Waals surface area contributed by atoms with E-state index in [1.165, 1.54) is 12.1 Å². The van der Waals surface area contributed by atoms with Crippen LogP contribution in [0.2, 0.25) is 0 Å². The fourth-order valence-corrected chi connectivity index (χ4v) is 4.60. The molecule has 0 aliphatic rings. The highest BCUT2D eigenvalue weighted by Crippen LogP contribution is 2.24. The molecule has 0 bridgehead atoms. The number of aromatic nitrogens is 2. The predicted molar refractivity (Wildman–Crippen MR) is 158 cm³/mol. The van der Waals surface area contributed by atoms with E-state index in [9.17, 15) is 24.8 Å². The highest BCUT2D eigenvalue weighted by atomic mass is 16.5. The summed E-state index contributed by atoms with van der Waals surface area (Å²) in [4.78, 5) is 46.9. The van der Waals surface area contributed by atoms with Crippen molar-refractivity contribution < 1.29 is 24.2 Å². The number of amides is 2. The van der Waals surface area contributed by atoms with Gasteiger partial charge in [0.05, 0.1) is 30.8 Å². The second-order valence-corrected chi connectivity index (χ2v) is 9.97. The van der Waals surface area contributed by atoms with Crippen molar-refractivity contribution >= 4 is 17.8 Å². The molecule has 2 aromatic heterocycles. The Balaban J connectivity index is 1.50. The molecule has 2 atom stereocenters. The van der Waals surface area contributed by atoms with Gasteiger partial charge in [-0.15, -0.1) is 0 Å². The van der Waals surface area contributed by atoms with E-state index < -0.39 is 35.8 Å². The van der Waals surface area contributed by atoms with E-state index in [1.807, 2.05) is 37.3 Å². The molecule has 10 heteroatoms. The molecule has 0 saturated heterocycles. The SMILES string of the molecule is Cc1cccc(C[C@H](NC(=O)C(c2cccnc2)c2cccnc2)C(=O)N[C@H](C#N)COCc2cccc(C(=O)O)c2)c1. The highest BCUT2D eigenvalue weighted by Gasteiger charge is 2.29. The smallest absolute Gasteiger partial charge is 0.335 e. The van der Waals surface area contributed by atoms with Crippen molar-refractivity contribution in [3.63, 3.8) is 0 Å². The maximum atomic E-state index is 13.8. The van der Waals surface area contributed by atoms with Gasteiger partial charge in [0.25, 0.3) is 0 Å². The molecule has 2 heterocycles. The lowest BCUT2D eigenvalue weighted by Gasteiger charge is -2.24. The Bertz CT molecular complexity index is 1550. The van der Waals surface area contributed by atoms with Gasteiger partial charge in [0, 0.05) is 31.2 Å². The fraction of sp³-hybridized carbons (Fsp3) is 0.212. The van der Waals surface area contributed by atoms with Gasteiger partial charge in [-0.1, -0.05) is 54.1 Å². The van der Waals surface area contributed by atoms with Crippen molar-refractivity contribution in [2.24, 2.45) is 0 Å². The fourth-order valence-electron chi connectivity index (χ4n) is 4.60. The first kappa shape index (κ1) is 30.6. The number of aryl methyl sites for hydroxylation is 1. The van der Waals surface area contributed by atoms with E-state index >= 15 is 0 Å². The van der Waals surface area contributed by atoms with Crippen LogP contribution >= 0.6 is 0 Å². The molecule has 218 valence electrons. The first-order valence-corrected chi connectivity index (χ1v) is 13.6. The minimum atomic E-state index is -1.06. The van der Waals surface area contributed by atoms with E-state index in [0.717, 1.165) is 11.1 Å². The number of carbonyl (C=O) groups is 3. The minimum absolute atomic E-state index is 0.0521. The van der Waals surface area contributed by atoms with Gasteiger partial charge in [-0.3, -0.25) is 19.6 Å². The average Bonchev–Trinajstić information content (AvgIpc) is 3.01. The Kier molecular flexibility index (Phi) is 10.7. The Morgan fingerprint density at radius 1 is 0.884 bits per heavy atom. The number of aromatic carboxylic acids is 1. The van der Waals surface area contributed by atoms with E-state index in [0.29, 0.717) is 16.7 Å². The number of nitriles is 1. The van der Waals surface area contributed by atoms with Crippen LogP contribution in [0.25, 0.3) is 0 Å². The van der Waals surface area contributed by atoms with Crippen molar-refractivity contribution in [3.05, 3.63) is 131 Å². The van der Waals surface area contributed by atoms with Crippen molar-refractivity contribution in [2.45, 2.75) is 38.0 Å². The maximum absolute atomic E-state index is 13.8. The number of nitrogens with zero attached hydrogens (tertiary/aromatic N) is 3. The average molecular weight is 578 g/mol. The number of hydrogen-bond acceptors (Lipinski definition) is 7. The third kappa shape index (κ3) is 8.79. The second kappa shape index (κ2) is 15.0. The van der Waals surface area contributed by atoms with E-state index in [-0.39, 0.29) is 25.2 Å². The lowest BCUT2D eigenvalue weighted by atomic mass is 9.92. The van der Waals surface area contributed by atoms with E-state index in [4.69, 9.17) is 4.74 Å². The van der Waals surface area contributed by atoms with Gasteiger partial charge in [-0.2, -0.15) is 5.26 Å². The third-order valence-electron chi connectivity index (χ3n) is 6.65. The summed E-state index contributed by atoms with van der Waals surface area (Å²) in [5.41, 5.74) is 3.85. The topological polar surface area (TPSA) is 154 Å². The highest BCUT2D eigenvalue weighted by molar-refractivity contribution is 5.92. The number of ether oxygens (including phenoxy) is 1. The molecule has 2 aromatic carbocycles. The molecule has 0 aliphatic carbocycles. The number of hydrogen-bond donors (Lipinski definition) is 3. The van der Waals surface area contributed by atoms with Gasteiger partial charge < -0.3 is 20.5 Å². The van der Waals surface area contributed by atoms with Crippen molar-refractivity contribution in [1.29, 1.82) is 5.26 Å². The number of benzene rings is 2. The summed E-state index contributed by atoms with van der Waals surface area (Å²) < 4.78 is 5.63. The van der Waals surface area contributed by atoms with Crippen LogP contribution in [0, 0.1) is 18.3 Å². The molecule has 10 nitrogen and oxygen atoms in total. The van der Waals surface area contributed by atoms with Gasteiger partial charge in [0.1, 0.15) is 12.1 Å². The van der Waals surface area contributed by atoms with Crippen LogP contribution in [0.5, 0.6) is 0 Å². The number of rotatable bonds is 13. The lowest BCUT2D eigenvalue weighted by Crippen LogP contribution is -2.52. The second-order valence-electron chi connectivity index (χ2n) is 9.97. The summed E-state index contributed by atoms with van der Waals surface area (Å²) in [6.45, 7) is 1.85. The summed E-state index contributed by atoms with van der Waals surface area (Å²) >= 11 is 0. The molecule has 0 saturated carbocycles. The summed E-state index contributed by atoms with van der Waals surface area (Å²) in [5, 5.41) is 24.5. The molecule has 0 spiro atoms. The number of carboxylic acids is 1. The molecule has 4 rings (SSSR count). The molecular formula is C33H31N5O5. The Morgan fingerprint density at radius 2 is 1.56 bits per heavy atom. The van der Waals surface area contributed by atoms with Gasteiger partial charge in [-0.25, -0.2) is 4.79 Å². The van der Waals surface area contributed by atoms with Crippen molar-refractivity contribution in [1.82, 2.24) is 20.6 Å². The van der Waals surface area contributed by atoms with E-state index in [2.05, 4.69) is 20.6 Å². The molecule has 0 radical (unpaired) electrons. The van der Waals surface area contributed by atoms with E-state index in [1.54, 1.807) is 61.2 Å². The van der Waals surface area contributed by atoms with Crippen molar-refractivity contribution in [3.8, 4) is 6.07 Å². The quantitative estimate of drug-likeness (QED) is 0.218. The summed E-state index contributed by atoms with van der Waals surface area (Å²) in [6.07, 6.45) is 6.61. The monoisotopic (exact) mass is 577 g/mol. The summed E-state index contributed by atoms with van der Waals surface area (Å²) in [6, 6.07) is 20.9. The van der Waals surface area contributed by atoms with Crippen LogP contribution < -0.4 is 10.6 Å². The number of nitrogens with one attached hydrogen (secondary N) is 2. The maximum Gasteiger partial charge on any atom is 0.335 e. The summed E-state index contributed by atoms with van der Waals surface area (Å²) in [7, 11) is 0. The molecule has 0 aliphatic heterocycles. The first-order chi connectivity index (χ1) is 20.8. The number of carboxylic acid groups (broad SMARTS) is 1. The van der Waals surface area contributed by atoms with Crippen LogP contribution in [0.3, 0.4) is 0 Å². The predicted octanol–water partition coefficient (Wildman–Crippen LogP) is 3.57. The molecular weight excluding hydrogens is 546 g/mol. The van der Waals surface area contributed by atoms with Gasteiger partial charge in [-0.05, 0) is 53.4 Å². The Morgan fingerprint density at radius 3 is 2.16 bits per heavy atom.